The van der Waals surface area contributed by atoms with Crippen LogP contribution >= 0.6 is 15.9 Å². The second kappa shape index (κ2) is 8.37. The van der Waals surface area contributed by atoms with Crippen LogP contribution in [0, 0.1) is 0 Å². The summed E-state index contributed by atoms with van der Waals surface area (Å²) in [6.45, 7) is 0.707. The molecule has 7 heteroatoms. The lowest BCUT2D eigenvalue weighted by Crippen LogP contribution is -2.52. The Morgan fingerprint density at radius 2 is 1.83 bits per heavy atom. The summed E-state index contributed by atoms with van der Waals surface area (Å²) in [6, 6.07) is 13.0. The lowest BCUT2D eigenvalue weighted by atomic mass is 10.0. The van der Waals surface area contributed by atoms with Crippen LogP contribution in [0.1, 0.15) is 39.9 Å². The van der Waals surface area contributed by atoms with Gasteiger partial charge in [-0.15, -0.1) is 0 Å². The molecule has 2 aliphatic heterocycles. The molecule has 0 aliphatic carbocycles. The van der Waals surface area contributed by atoms with Gasteiger partial charge in [0.1, 0.15) is 18.4 Å². The smallest absolute Gasteiger partial charge is 0.255 e. The number of carbonyl (C=O) groups excluding carboxylic acids is 3. The van der Waals surface area contributed by atoms with E-state index in [0.717, 1.165) is 22.9 Å². The molecule has 2 heterocycles. The fraction of sp³-hybridized carbons (Fsp3) is 0.318. The van der Waals surface area contributed by atoms with E-state index >= 15 is 0 Å². The molecule has 0 saturated carbocycles. The molecule has 150 valence electrons. The van der Waals surface area contributed by atoms with Crippen LogP contribution in [-0.2, 0) is 29.2 Å². The predicted molar refractivity (Wildman–Crippen MR) is 111 cm³/mol. The van der Waals surface area contributed by atoms with Crippen molar-refractivity contribution in [1.29, 1.82) is 0 Å². The topological polar surface area (TPSA) is 75.7 Å². The zero-order valence-corrected chi connectivity index (χ0v) is 17.4. The number of nitrogens with one attached hydrogen (secondary N) is 1. The van der Waals surface area contributed by atoms with Crippen molar-refractivity contribution < 1.29 is 19.1 Å². The van der Waals surface area contributed by atoms with Gasteiger partial charge in [0.2, 0.25) is 11.8 Å². The monoisotopic (exact) mass is 456 g/mol. The van der Waals surface area contributed by atoms with E-state index < -0.39 is 11.9 Å². The van der Waals surface area contributed by atoms with E-state index in [9.17, 15) is 14.4 Å². The summed E-state index contributed by atoms with van der Waals surface area (Å²) in [4.78, 5) is 38.0. The SMILES string of the molecule is O=C1CCC(N2Cc3c(OCc4ccc(CCBr)cc4)cccc3C2=O)C(=O)N1. The van der Waals surface area contributed by atoms with Crippen LogP contribution in [0.3, 0.4) is 0 Å². The van der Waals surface area contributed by atoms with Crippen LogP contribution in [0.25, 0.3) is 0 Å². The van der Waals surface area contributed by atoms with Gasteiger partial charge in [-0.1, -0.05) is 46.3 Å². The van der Waals surface area contributed by atoms with Crippen molar-refractivity contribution in [2.45, 2.75) is 38.5 Å². The molecule has 0 radical (unpaired) electrons. The number of aryl methyl sites for hydroxylation is 1. The molecular weight excluding hydrogens is 436 g/mol. The van der Waals surface area contributed by atoms with Crippen LogP contribution in [0.5, 0.6) is 5.75 Å². The molecule has 29 heavy (non-hydrogen) atoms. The molecule has 0 spiro atoms. The van der Waals surface area contributed by atoms with E-state index in [-0.39, 0.29) is 18.2 Å². The van der Waals surface area contributed by atoms with Gasteiger partial charge in [0.15, 0.2) is 0 Å². The Bertz CT molecular complexity index is 958. The minimum absolute atomic E-state index is 0.195. The third kappa shape index (κ3) is 4.05. The van der Waals surface area contributed by atoms with Gasteiger partial charge in [-0.2, -0.15) is 0 Å². The van der Waals surface area contributed by atoms with Gasteiger partial charge in [-0.05, 0) is 36.1 Å². The lowest BCUT2D eigenvalue weighted by molar-refractivity contribution is -0.136. The highest BCUT2D eigenvalue weighted by atomic mass is 79.9. The summed E-state index contributed by atoms with van der Waals surface area (Å²) in [7, 11) is 0. The molecule has 3 amide bonds. The third-order valence-corrected chi connectivity index (χ3v) is 5.74. The maximum Gasteiger partial charge on any atom is 0.255 e. The fourth-order valence-corrected chi connectivity index (χ4v) is 4.22. The number of ether oxygens (including phenoxy) is 1. The Balaban J connectivity index is 1.48. The van der Waals surface area contributed by atoms with Crippen molar-refractivity contribution in [3.05, 3.63) is 64.7 Å². The number of imide groups is 1. The Kier molecular flexibility index (Phi) is 5.67. The zero-order valence-electron chi connectivity index (χ0n) is 15.8. The molecule has 6 nitrogen and oxygen atoms in total. The average molecular weight is 457 g/mol. The largest absolute Gasteiger partial charge is 0.489 e. The summed E-state index contributed by atoms with van der Waals surface area (Å²) >= 11 is 3.44. The van der Waals surface area contributed by atoms with Gasteiger partial charge < -0.3 is 9.64 Å². The molecular formula is C22H21BrN2O4. The molecule has 2 aromatic rings. The van der Waals surface area contributed by atoms with Gasteiger partial charge in [-0.25, -0.2) is 0 Å². The van der Waals surface area contributed by atoms with Crippen LogP contribution in [0.15, 0.2) is 42.5 Å². The number of amides is 3. The second-order valence-electron chi connectivity index (χ2n) is 7.23. The highest BCUT2D eigenvalue weighted by Crippen LogP contribution is 2.33. The van der Waals surface area contributed by atoms with Crippen molar-refractivity contribution in [2.24, 2.45) is 0 Å². The Labute approximate surface area is 177 Å². The Morgan fingerprint density at radius 1 is 1.07 bits per heavy atom. The molecule has 1 fully saturated rings. The molecule has 1 unspecified atom stereocenters. The first-order valence-electron chi connectivity index (χ1n) is 9.60. The maximum atomic E-state index is 12.9. The first kappa shape index (κ1) is 19.6. The zero-order chi connectivity index (χ0) is 20.4. The predicted octanol–water partition coefficient (Wildman–Crippen LogP) is 2.96. The van der Waals surface area contributed by atoms with Crippen LogP contribution in [0.4, 0.5) is 0 Å². The van der Waals surface area contributed by atoms with E-state index in [4.69, 9.17) is 4.74 Å². The van der Waals surface area contributed by atoms with E-state index in [1.165, 1.54) is 10.5 Å². The van der Waals surface area contributed by atoms with Gasteiger partial charge >= 0.3 is 0 Å². The summed E-state index contributed by atoms with van der Waals surface area (Å²) in [5, 5.41) is 3.25. The number of piperidine rings is 1. The van der Waals surface area contributed by atoms with Crippen LogP contribution in [-0.4, -0.2) is 34.0 Å². The molecule has 1 N–H and O–H groups in total. The van der Waals surface area contributed by atoms with Crippen LogP contribution in [0.2, 0.25) is 0 Å². The average Bonchev–Trinajstić information content (AvgIpc) is 3.05. The minimum Gasteiger partial charge on any atom is -0.489 e. The number of nitrogens with zero attached hydrogens (tertiary/aromatic N) is 1. The maximum absolute atomic E-state index is 12.9. The molecule has 2 aliphatic rings. The quantitative estimate of drug-likeness (QED) is 0.535. The fourth-order valence-electron chi connectivity index (χ4n) is 3.76. The van der Waals surface area contributed by atoms with Gasteiger partial charge in [-0.3, -0.25) is 19.7 Å². The molecule has 4 rings (SSSR count). The van der Waals surface area contributed by atoms with Crippen molar-refractivity contribution >= 4 is 33.7 Å². The van der Waals surface area contributed by atoms with Crippen LogP contribution < -0.4 is 10.1 Å². The molecule has 0 bridgehead atoms. The Morgan fingerprint density at radius 3 is 2.55 bits per heavy atom. The minimum atomic E-state index is -0.623. The van der Waals surface area contributed by atoms with Gasteiger partial charge in [0, 0.05) is 22.9 Å². The number of fused-ring (bicyclic) bond motifs is 1. The summed E-state index contributed by atoms with van der Waals surface area (Å²) in [5.74, 6) is -0.246. The van der Waals surface area contributed by atoms with Crippen molar-refractivity contribution in [3.63, 3.8) is 0 Å². The molecule has 1 atom stereocenters. The number of hydrogen-bond acceptors (Lipinski definition) is 4. The van der Waals surface area contributed by atoms with E-state index in [0.29, 0.717) is 30.9 Å². The molecule has 0 aromatic heterocycles. The van der Waals surface area contributed by atoms with E-state index in [2.05, 4.69) is 33.4 Å². The third-order valence-electron chi connectivity index (χ3n) is 5.34. The highest BCUT2D eigenvalue weighted by molar-refractivity contribution is 9.09. The number of alkyl halides is 1. The number of benzene rings is 2. The van der Waals surface area contributed by atoms with Crippen molar-refractivity contribution in [2.75, 3.05) is 5.33 Å². The van der Waals surface area contributed by atoms with Gasteiger partial charge in [0.05, 0.1) is 6.54 Å². The van der Waals surface area contributed by atoms with Crippen molar-refractivity contribution in [1.82, 2.24) is 10.2 Å². The number of halogens is 1. The van der Waals surface area contributed by atoms with E-state index in [1.54, 1.807) is 12.1 Å². The van der Waals surface area contributed by atoms with Gasteiger partial charge in [0.25, 0.3) is 5.91 Å². The number of rotatable bonds is 6. The highest BCUT2D eigenvalue weighted by Gasteiger charge is 2.40. The molecule has 1 saturated heterocycles. The standard InChI is InChI=1S/C22H21BrN2O4/c23-11-10-14-4-6-15(7-5-14)13-29-19-3-1-2-16-17(19)12-25(22(16)28)18-8-9-20(26)24-21(18)27/h1-7,18H,8-13H2,(H,24,26,27). The number of hydrogen-bond donors (Lipinski definition) is 1. The first-order chi connectivity index (χ1) is 14.1. The Hall–Kier alpha value is -2.67. The first-order valence-corrected chi connectivity index (χ1v) is 10.7. The summed E-state index contributed by atoms with van der Waals surface area (Å²) in [5.41, 5.74) is 3.65. The summed E-state index contributed by atoms with van der Waals surface area (Å²) < 4.78 is 6.02. The van der Waals surface area contributed by atoms with E-state index in [1.807, 2.05) is 18.2 Å². The lowest BCUT2D eigenvalue weighted by Gasteiger charge is -2.29. The second-order valence-corrected chi connectivity index (χ2v) is 8.02. The summed E-state index contributed by atoms with van der Waals surface area (Å²) in [6.07, 6.45) is 1.57. The number of carbonyl (C=O) groups is 3. The molecule has 2 aromatic carbocycles. The van der Waals surface area contributed by atoms with Crippen molar-refractivity contribution in [3.8, 4) is 5.75 Å². The normalized spacial score (nSPS) is 18.6.